The zero-order valence-electron chi connectivity index (χ0n) is 16.5. The summed E-state index contributed by atoms with van der Waals surface area (Å²) in [5.41, 5.74) is 1.88. The molecule has 1 aromatic carbocycles. The van der Waals surface area contributed by atoms with Crippen molar-refractivity contribution in [3.8, 4) is 28.8 Å². The molecule has 3 aromatic rings. The molecule has 31 heavy (non-hydrogen) atoms. The Hall–Kier alpha value is -3.69. The maximum Gasteiger partial charge on any atom is 0.316 e. The minimum atomic E-state index is -0.501. The predicted molar refractivity (Wildman–Crippen MR) is 106 cm³/mol. The summed E-state index contributed by atoms with van der Waals surface area (Å²) in [6.07, 6.45) is 5.13. The number of hydrogen-bond donors (Lipinski definition) is 2. The number of nitrogens with zero attached hydrogens (tertiary/aromatic N) is 3. The number of rotatable bonds is 5. The van der Waals surface area contributed by atoms with Crippen LogP contribution in [0, 0.1) is 5.82 Å². The van der Waals surface area contributed by atoms with E-state index in [1.807, 2.05) is 18.2 Å². The fraction of sp³-hybridized carbons (Fsp3) is 0.333. The second-order valence-corrected chi connectivity index (χ2v) is 7.48. The molecule has 1 amide bonds. The Kier molecular flexibility index (Phi) is 5.11. The van der Waals surface area contributed by atoms with Crippen LogP contribution in [-0.4, -0.2) is 45.0 Å². The zero-order valence-corrected chi connectivity index (χ0v) is 16.5. The molecule has 0 bridgehead atoms. The molecule has 0 saturated heterocycles. The Morgan fingerprint density at radius 2 is 1.87 bits per heavy atom. The number of ether oxygens (including phenoxy) is 3. The van der Waals surface area contributed by atoms with Crippen LogP contribution in [0.2, 0.25) is 0 Å². The van der Waals surface area contributed by atoms with Crippen LogP contribution < -0.4 is 19.5 Å². The molecule has 9 nitrogen and oxygen atoms in total. The number of hydrogen-bond acceptors (Lipinski definition) is 7. The van der Waals surface area contributed by atoms with Crippen molar-refractivity contribution in [1.29, 1.82) is 0 Å². The Morgan fingerprint density at radius 3 is 2.68 bits per heavy atom. The smallest absolute Gasteiger partial charge is 0.316 e. The first kappa shape index (κ1) is 19.3. The molecule has 0 atom stereocenters. The molecule has 0 spiro atoms. The van der Waals surface area contributed by atoms with Gasteiger partial charge in [-0.15, -0.1) is 0 Å². The number of benzene rings is 1. The molecule has 1 aliphatic carbocycles. The van der Waals surface area contributed by atoms with Gasteiger partial charge in [0.15, 0.2) is 17.3 Å². The second-order valence-electron chi connectivity index (χ2n) is 7.48. The van der Waals surface area contributed by atoms with Crippen molar-refractivity contribution < 1.29 is 23.4 Å². The van der Waals surface area contributed by atoms with Gasteiger partial charge in [0, 0.05) is 11.6 Å². The third-order valence-electron chi connectivity index (χ3n) is 5.37. The lowest BCUT2D eigenvalue weighted by atomic mass is 9.93. The van der Waals surface area contributed by atoms with Crippen LogP contribution in [-0.2, 0) is 0 Å². The summed E-state index contributed by atoms with van der Waals surface area (Å²) in [6, 6.07) is 7.46. The fourth-order valence-corrected chi connectivity index (χ4v) is 3.74. The number of aromatic amines is 1. The number of halogens is 1. The van der Waals surface area contributed by atoms with Crippen molar-refractivity contribution in [2.75, 3.05) is 6.79 Å². The average molecular weight is 425 g/mol. The van der Waals surface area contributed by atoms with E-state index in [1.165, 1.54) is 0 Å². The highest BCUT2D eigenvalue weighted by Gasteiger charge is 2.25. The Labute approximate surface area is 177 Å². The van der Waals surface area contributed by atoms with Gasteiger partial charge in [0.25, 0.3) is 5.91 Å². The Morgan fingerprint density at radius 1 is 1.10 bits per heavy atom. The lowest BCUT2D eigenvalue weighted by Gasteiger charge is -2.28. The van der Waals surface area contributed by atoms with E-state index in [9.17, 15) is 9.18 Å². The Bertz CT molecular complexity index is 1080. The van der Waals surface area contributed by atoms with E-state index in [1.54, 1.807) is 6.07 Å². The molecule has 3 heterocycles. The SMILES string of the molecule is O=C(NC1CCC(Oc2ncc(F)cn2)CC1)c1cc(-c2ccc3c(c2)OCO3)n[nH]1. The highest BCUT2D eigenvalue weighted by molar-refractivity contribution is 5.93. The second kappa shape index (κ2) is 8.21. The predicted octanol–water partition coefficient (Wildman–Crippen LogP) is 2.85. The van der Waals surface area contributed by atoms with E-state index in [-0.39, 0.29) is 30.9 Å². The number of fused-ring (bicyclic) bond motifs is 1. The maximum absolute atomic E-state index is 12.9. The molecule has 160 valence electrons. The molecule has 2 aliphatic rings. The van der Waals surface area contributed by atoms with Crippen molar-refractivity contribution in [2.24, 2.45) is 0 Å². The van der Waals surface area contributed by atoms with Gasteiger partial charge in [-0.3, -0.25) is 9.89 Å². The lowest BCUT2D eigenvalue weighted by Crippen LogP contribution is -2.40. The molecule has 0 radical (unpaired) electrons. The third kappa shape index (κ3) is 4.27. The van der Waals surface area contributed by atoms with Crippen molar-refractivity contribution in [3.63, 3.8) is 0 Å². The summed E-state index contributed by atoms with van der Waals surface area (Å²) in [6.45, 7) is 0.206. The highest BCUT2D eigenvalue weighted by atomic mass is 19.1. The van der Waals surface area contributed by atoms with Gasteiger partial charge in [-0.25, -0.2) is 14.4 Å². The molecule has 0 unspecified atom stereocenters. The third-order valence-corrected chi connectivity index (χ3v) is 5.37. The quantitative estimate of drug-likeness (QED) is 0.647. The maximum atomic E-state index is 12.9. The van der Waals surface area contributed by atoms with E-state index in [4.69, 9.17) is 14.2 Å². The molecule has 5 rings (SSSR count). The van der Waals surface area contributed by atoms with Crippen LogP contribution in [0.5, 0.6) is 17.5 Å². The first-order valence-corrected chi connectivity index (χ1v) is 10.0. The number of carbonyl (C=O) groups is 1. The topological polar surface area (TPSA) is 111 Å². The minimum Gasteiger partial charge on any atom is -0.460 e. The van der Waals surface area contributed by atoms with Gasteiger partial charge in [-0.05, 0) is 49.9 Å². The number of amides is 1. The van der Waals surface area contributed by atoms with Crippen LogP contribution in [0.15, 0.2) is 36.7 Å². The van der Waals surface area contributed by atoms with E-state index < -0.39 is 5.82 Å². The summed E-state index contributed by atoms with van der Waals surface area (Å²) in [7, 11) is 0. The summed E-state index contributed by atoms with van der Waals surface area (Å²) in [5.74, 6) is 0.657. The molecule has 10 heteroatoms. The van der Waals surface area contributed by atoms with Gasteiger partial charge in [0.2, 0.25) is 6.79 Å². The van der Waals surface area contributed by atoms with Gasteiger partial charge in [0.05, 0.1) is 18.1 Å². The molecular weight excluding hydrogens is 405 g/mol. The van der Waals surface area contributed by atoms with E-state index in [0.717, 1.165) is 43.6 Å². The molecular formula is C21H20FN5O4. The number of H-pyrrole nitrogens is 1. The van der Waals surface area contributed by atoms with Crippen LogP contribution in [0.1, 0.15) is 36.2 Å². The van der Waals surface area contributed by atoms with Crippen molar-refractivity contribution in [3.05, 3.63) is 48.2 Å². The summed E-state index contributed by atoms with van der Waals surface area (Å²) in [5, 5.41) is 10.1. The summed E-state index contributed by atoms with van der Waals surface area (Å²) < 4.78 is 29.3. The molecule has 1 aliphatic heterocycles. The zero-order chi connectivity index (χ0) is 21.2. The van der Waals surface area contributed by atoms with Crippen molar-refractivity contribution in [2.45, 2.75) is 37.8 Å². The van der Waals surface area contributed by atoms with Crippen LogP contribution in [0.3, 0.4) is 0 Å². The van der Waals surface area contributed by atoms with Gasteiger partial charge in [0.1, 0.15) is 11.8 Å². The van der Waals surface area contributed by atoms with Crippen molar-refractivity contribution in [1.82, 2.24) is 25.5 Å². The fourth-order valence-electron chi connectivity index (χ4n) is 3.74. The number of nitrogens with one attached hydrogen (secondary N) is 2. The molecule has 1 fully saturated rings. The highest BCUT2D eigenvalue weighted by Crippen LogP contribution is 2.35. The summed E-state index contributed by atoms with van der Waals surface area (Å²) >= 11 is 0. The van der Waals surface area contributed by atoms with E-state index in [0.29, 0.717) is 22.9 Å². The Balaban J connectivity index is 1.15. The largest absolute Gasteiger partial charge is 0.460 e. The van der Waals surface area contributed by atoms with Crippen LogP contribution in [0.25, 0.3) is 11.3 Å². The standard InChI is InChI=1S/C21H20FN5O4/c22-13-9-23-21(24-10-13)31-15-4-2-14(3-5-15)25-20(28)17-8-16(26-27-17)12-1-6-18-19(7-12)30-11-29-18/h1,6-10,14-15H,2-5,11H2,(H,25,28)(H,26,27). The molecule has 1 saturated carbocycles. The lowest BCUT2D eigenvalue weighted by molar-refractivity contribution is 0.0880. The average Bonchev–Trinajstić information content (AvgIpc) is 3.46. The normalized spacial score (nSPS) is 19.8. The van der Waals surface area contributed by atoms with Gasteiger partial charge < -0.3 is 19.5 Å². The monoisotopic (exact) mass is 425 g/mol. The van der Waals surface area contributed by atoms with Gasteiger partial charge >= 0.3 is 6.01 Å². The van der Waals surface area contributed by atoms with Crippen LogP contribution in [0.4, 0.5) is 4.39 Å². The van der Waals surface area contributed by atoms with E-state index in [2.05, 4.69) is 25.5 Å². The summed E-state index contributed by atoms with van der Waals surface area (Å²) in [4.78, 5) is 20.3. The number of aromatic nitrogens is 4. The van der Waals surface area contributed by atoms with Crippen molar-refractivity contribution >= 4 is 5.91 Å². The molecule has 2 aromatic heterocycles. The number of carbonyl (C=O) groups excluding carboxylic acids is 1. The molecule has 2 N–H and O–H groups in total. The first-order valence-electron chi connectivity index (χ1n) is 10.0. The minimum absolute atomic E-state index is 0.0405. The van der Waals surface area contributed by atoms with Gasteiger partial charge in [-0.1, -0.05) is 0 Å². The first-order chi connectivity index (χ1) is 15.1. The van der Waals surface area contributed by atoms with Crippen LogP contribution >= 0.6 is 0 Å². The van der Waals surface area contributed by atoms with E-state index >= 15 is 0 Å². The van der Waals surface area contributed by atoms with Gasteiger partial charge in [-0.2, -0.15) is 5.10 Å².